The molecule has 0 spiro atoms. The average molecular weight is 489 g/mol. The van der Waals surface area contributed by atoms with Crippen LogP contribution >= 0.6 is 34.8 Å². The molecule has 0 bridgehead atoms. The number of amides is 4. The topological polar surface area (TPSA) is 71.4 Å². The number of hydrogen-bond donors (Lipinski definition) is 1. The number of hydrogen-bond acceptors (Lipinski definition) is 3. The third-order valence-electron chi connectivity index (χ3n) is 5.12. The SMILES string of the molecule is Cc1cc(/C=C2/C(=O)NC(=O)N(c3ccc(Cl)cc3)C2=O)c(C)n1-c1ccc(Cl)c(Cl)c1. The number of anilines is 1. The third-order valence-corrected chi connectivity index (χ3v) is 6.11. The Hall–Kier alpha value is -3.06. The van der Waals surface area contributed by atoms with Crippen molar-refractivity contribution in [1.29, 1.82) is 0 Å². The van der Waals surface area contributed by atoms with E-state index in [1.54, 1.807) is 24.3 Å². The van der Waals surface area contributed by atoms with Crippen LogP contribution in [0.5, 0.6) is 0 Å². The van der Waals surface area contributed by atoms with Gasteiger partial charge in [-0.2, -0.15) is 0 Å². The molecule has 0 radical (unpaired) electrons. The highest BCUT2D eigenvalue weighted by Crippen LogP contribution is 2.29. The number of barbiturate groups is 1. The van der Waals surface area contributed by atoms with E-state index in [-0.39, 0.29) is 5.57 Å². The van der Waals surface area contributed by atoms with E-state index in [1.807, 2.05) is 30.5 Å². The molecule has 1 aliphatic rings. The summed E-state index contributed by atoms with van der Waals surface area (Å²) in [6.07, 6.45) is 1.48. The molecule has 2 aromatic carbocycles. The first kappa shape index (κ1) is 22.1. The monoisotopic (exact) mass is 487 g/mol. The standard InChI is InChI=1S/C23H16Cl3N3O3/c1-12-9-14(13(2)28(12)17-7-8-19(25)20(26)11-17)10-18-21(30)27-23(32)29(22(18)31)16-5-3-15(24)4-6-16/h3-11H,1-2H3,(H,27,30,32)/b18-10-. The number of benzene rings is 2. The Bertz CT molecular complexity index is 1310. The summed E-state index contributed by atoms with van der Waals surface area (Å²) in [4.78, 5) is 38.9. The fourth-order valence-electron chi connectivity index (χ4n) is 3.59. The van der Waals surface area contributed by atoms with Gasteiger partial charge in [-0.3, -0.25) is 14.9 Å². The van der Waals surface area contributed by atoms with Gasteiger partial charge in [-0.25, -0.2) is 9.69 Å². The van der Waals surface area contributed by atoms with Crippen molar-refractivity contribution in [2.24, 2.45) is 0 Å². The third kappa shape index (κ3) is 3.93. The Balaban J connectivity index is 1.76. The summed E-state index contributed by atoms with van der Waals surface area (Å²) in [5, 5.41) is 3.53. The number of nitrogens with one attached hydrogen (secondary N) is 1. The zero-order valence-electron chi connectivity index (χ0n) is 16.9. The van der Waals surface area contributed by atoms with Crippen LogP contribution in [-0.2, 0) is 9.59 Å². The Kier molecular flexibility index (Phi) is 5.86. The minimum atomic E-state index is -0.819. The first-order valence-electron chi connectivity index (χ1n) is 9.49. The second-order valence-corrected chi connectivity index (χ2v) is 8.45. The van der Waals surface area contributed by atoms with Crippen LogP contribution in [0.25, 0.3) is 11.8 Å². The van der Waals surface area contributed by atoms with Crippen LogP contribution in [0.2, 0.25) is 15.1 Å². The second-order valence-electron chi connectivity index (χ2n) is 7.19. The molecule has 1 aromatic heterocycles. The fourth-order valence-corrected chi connectivity index (χ4v) is 4.01. The average Bonchev–Trinajstić information content (AvgIpc) is 3.01. The number of urea groups is 1. The van der Waals surface area contributed by atoms with E-state index in [9.17, 15) is 14.4 Å². The van der Waals surface area contributed by atoms with Crippen LogP contribution < -0.4 is 10.2 Å². The van der Waals surface area contributed by atoms with Gasteiger partial charge in [-0.15, -0.1) is 0 Å². The molecule has 3 aromatic rings. The first-order chi connectivity index (χ1) is 15.2. The molecule has 6 nitrogen and oxygen atoms in total. The summed E-state index contributed by atoms with van der Waals surface area (Å²) in [7, 11) is 0. The molecule has 0 aliphatic carbocycles. The molecule has 1 saturated heterocycles. The molecular weight excluding hydrogens is 473 g/mol. The number of rotatable bonds is 3. The van der Waals surface area contributed by atoms with Crippen LogP contribution in [0.3, 0.4) is 0 Å². The Morgan fingerprint density at radius 3 is 2.16 bits per heavy atom. The van der Waals surface area contributed by atoms with E-state index in [0.717, 1.165) is 22.0 Å². The molecule has 1 fully saturated rings. The summed E-state index contributed by atoms with van der Waals surface area (Å²) >= 11 is 18.1. The summed E-state index contributed by atoms with van der Waals surface area (Å²) in [5.74, 6) is -1.48. The van der Waals surface area contributed by atoms with Crippen LogP contribution in [0.15, 0.2) is 54.1 Å². The number of halogens is 3. The lowest BCUT2D eigenvalue weighted by atomic mass is 10.1. The molecular formula is C23H16Cl3N3O3. The van der Waals surface area contributed by atoms with Crippen molar-refractivity contribution in [2.45, 2.75) is 13.8 Å². The normalized spacial score (nSPS) is 15.5. The van der Waals surface area contributed by atoms with Gasteiger partial charge in [-0.1, -0.05) is 34.8 Å². The van der Waals surface area contributed by atoms with E-state index in [2.05, 4.69) is 5.32 Å². The van der Waals surface area contributed by atoms with E-state index in [4.69, 9.17) is 34.8 Å². The quantitative estimate of drug-likeness (QED) is 0.378. The zero-order chi connectivity index (χ0) is 23.2. The van der Waals surface area contributed by atoms with Crippen molar-refractivity contribution in [3.63, 3.8) is 0 Å². The zero-order valence-corrected chi connectivity index (χ0v) is 19.2. The summed E-state index contributed by atoms with van der Waals surface area (Å²) < 4.78 is 1.93. The maximum atomic E-state index is 13.1. The fraction of sp³-hybridized carbons (Fsp3) is 0.0870. The highest BCUT2D eigenvalue weighted by atomic mass is 35.5. The maximum Gasteiger partial charge on any atom is 0.335 e. The van der Waals surface area contributed by atoms with Gasteiger partial charge in [0.05, 0.1) is 15.7 Å². The largest absolute Gasteiger partial charge is 0.335 e. The Labute approximate surface area is 199 Å². The number of carbonyl (C=O) groups excluding carboxylic acids is 3. The molecule has 4 rings (SSSR count). The summed E-state index contributed by atoms with van der Waals surface area (Å²) in [5.41, 5.74) is 3.23. The van der Waals surface area contributed by atoms with E-state index >= 15 is 0 Å². The van der Waals surface area contributed by atoms with Crippen LogP contribution in [0, 0.1) is 13.8 Å². The number of imide groups is 2. The van der Waals surface area contributed by atoms with Gasteiger partial charge < -0.3 is 4.57 Å². The lowest BCUT2D eigenvalue weighted by Crippen LogP contribution is -2.54. The molecule has 0 saturated carbocycles. The molecule has 1 N–H and O–H groups in total. The number of aromatic nitrogens is 1. The first-order valence-corrected chi connectivity index (χ1v) is 10.6. The van der Waals surface area contributed by atoms with Gasteiger partial charge in [0.1, 0.15) is 5.57 Å². The van der Waals surface area contributed by atoms with Crippen LogP contribution in [0.4, 0.5) is 10.5 Å². The predicted molar refractivity (Wildman–Crippen MR) is 126 cm³/mol. The lowest BCUT2D eigenvalue weighted by Gasteiger charge is -2.26. The number of carbonyl (C=O) groups is 3. The summed E-state index contributed by atoms with van der Waals surface area (Å²) in [6, 6.07) is 12.5. The van der Waals surface area contributed by atoms with Crippen LogP contribution in [0.1, 0.15) is 17.0 Å². The predicted octanol–water partition coefficient (Wildman–Crippen LogP) is 5.72. The highest BCUT2D eigenvalue weighted by Gasteiger charge is 2.37. The molecule has 32 heavy (non-hydrogen) atoms. The molecule has 0 unspecified atom stereocenters. The van der Waals surface area contributed by atoms with Gasteiger partial charge in [-0.05, 0) is 74.0 Å². The molecule has 2 heterocycles. The van der Waals surface area contributed by atoms with Gasteiger partial charge in [0.15, 0.2) is 0 Å². The van der Waals surface area contributed by atoms with Crippen molar-refractivity contribution >= 4 is 64.4 Å². The maximum absolute atomic E-state index is 13.1. The minimum Gasteiger partial charge on any atom is -0.318 e. The van der Waals surface area contributed by atoms with Crippen molar-refractivity contribution in [3.05, 3.63) is 86.1 Å². The van der Waals surface area contributed by atoms with Crippen LogP contribution in [-0.4, -0.2) is 22.4 Å². The van der Waals surface area contributed by atoms with E-state index in [0.29, 0.717) is 26.3 Å². The van der Waals surface area contributed by atoms with Crippen molar-refractivity contribution in [3.8, 4) is 5.69 Å². The van der Waals surface area contributed by atoms with Crippen molar-refractivity contribution in [2.75, 3.05) is 4.90 Å². The summed E-state index contributed by atoms with van der Waals surface area (Å²) in [6.45, 7) is 3.75. The van der Waals surface area contributed by atoms with Crippen molar-refractivity contribution < 1.29 is 14.4 Å². The lowest BCUT2D eigenvalue weighted by molar-refractivity contribution is -0.122. The minimum absolute atomic E-state index is 0.158. The Morgan fingerprint density at radius 1 is 0.844 bits per heavy atom. The number of nitrogens with zero attached hydrogens (tertiary/aromatic N) is 2. The molecule has 1 aliphatic heterocycles. The van der Waals surface area contributed by atoms with Gasteiger partial charge in [0, 0.05) is 22.1 Å². The molecule has 9 heteroatoms. The van der Waals surface area contributed by atoms with Gasteiger partial charge >= 0.3 is 6.03 Å². The van der Waals surface area contributed by atoms with Gasteiger partial charge in [0.25, 0.3) is 11.8 Å². The smallest absolute Gasteiger partial charge is 0.318 e. The van der Waals surface area contributed by atoms with Crippen molar-refractivity contribution in [1.82, 2.24) is 9.88 Å². The second kappa shape index (κ2) is 8.47. The number of aryl methyl sites for hydroxylation is 1. The molecule has 4 amide bonds. The van der Waals surface area contributed by atoms with E-state index < -0.39 is 17.8 Å². The van der Waals surface area contributed by atoms with E-state index in [1.165, 1.54) is 18.2 Å². The van der Waals surface area contributed by atoms with Gasteiger partial charge in [0.2, 0.25) is 0 Å². The highest BCUT2D eigenvalue weighted by molar-refractivity contribution is 6.42. The molecule has 0 atom stereocenters. The Morgan fingerprint density at radius 2 is 1.50 bits per heavy atom. The molecule has 162 valence electrons.